The molecule has 0 saturated heterocycles. The molecule has 2 aromatic rings. The molecule has 4 nitrogen and oxygen atoms in total. The standard InChI is InChI=1S/C11H11N3OS/c15-10-12-13-11(16)14(10)9-6-8(9)7-4-2-1-3-5-7/h1-5,8-9H,6H2,(H,12,15)(H,13,16). The summed E-state index contributed by atoms with van der Waals surface area (Å²) in [6.07, 6.45) is 0.985. The van der Waals surface area contributed by atoms with Crippen LogP contribution in [-0.4, -0.2) is 14.8 Å². The van der Waals surface area contributed by atoms with E-state index in [1.165, 1.54) is 5.56 Å². The molecule has 16 heavy (non-hydrogen) atoms. The number of aromatic amines is 2. The highest BCUT2D eigenvalue weighted by Gasteiger charge is 2.41. The molecule has 2 N–H and O–H groups in total. The number of nitrogens with zero attached hydrogens (tertiary/aromatic N) is 1. The lowest BCUT2D eigenvalue weighted by Crippen LogP contribution is -2.16. The van der Waals surface area contributed by atoms with Crippen LogP contribution < -0.4 is 5.69 Å². The van der Waals surface area contributed by atoms with Gasteiger partial charge in [0.05, 0.1) is 0 Å². The predicted octanol–water partition coefficient (Wildman–Crippen LogP) is 1.96. The van der Waals surface area contributed by atoms with Crippen LogP contribution in [0.2, 0.25) is 0 Å². The molecule has 0 amide bonds. The first-order valence-corrected chi connectivity index (χ1v) is 5.62. The molecular formula is C11H11N3OS. The van der Waals surface area contributed by atoms with E-state index in [0.717, 1.165) is 6.42 Å². The molecule has 1 aromatic carbocycles. The molecule has 0 spiro atoms. The number of aromatic nitrogens is 3. The van der Waals surface area contributed by atoms with Crippen molar-refractivity contribution in [1.29, 1.82) is 0 Å². The van der Waals surface area contributed by atoms with E-state index < -0.39 is 0 Å². The fourth-order valence-electron chi connectivity index (χ4n) is 2.15. The Morgan fingerprint density at radius 2 is 2.00 bits per heavy atom. The Bertz CT molecular complexity index is 582. The highest BCUT2D eigenvalue weighted by Crippen LogP contribution is 2.50. The van der Waals surface area contributed by atoms with E-state index in [4.69, 9.17) is 12.2 Å². The molecule has 1 heterocycles. The van der Waals surface area contributed by atoms with Gasteiger partial charge in [0.15, 0.2) is 4.77 Å². The number of H-pyrrole nitrogens is 2. The van der Waals surface area contributed by atoms with E-state index in [1.54, 1.807) is 4.57 Å². The van der Waals surface area contributed by atoms with Gasteiger partial charge in [-0.1, -0.05) is 30.3 Å². The van der Waals surface area contributed by atoms with Crippen molar-refractivity contribution in [3.8, 4) is 0 Å². The molecule has 0 radical (unpaired) electrons. The van der Waals surface area contributed by atoms with Gasteiger partial charge in [0.1, 0.15) is 0 Å². The Morgan fingerprint density at radius 1 is 1.25 bits per heavy atom. The number of benzene rings is 1. The highest BCUT2D eigenvalue weighted by atomic mass is 32.1. The fraction of sp³-hybridized carbons (Fsp3) is 0.273. The number of rotatable bonds is 2. The molecule has 1 fully saturated rings. The largest absolute Gasteiger partial charge is 0.342 e. The molecule has 2 unspecified atom stereocenters. The summed E-state index contributed by atoms with van der Waals surface area (Å²) in [5.41, 5.74) is 1.13. The number of nitrogens with one attached hydrogen (secondary N) is 2. The Balaban J connectivity index is 1.93. The van der Waals surface area contributed by atoms with Crippen molar-refractivity contribution >= 4 is 12.2 Å². The number of hydrogen-bond donors (Lipinski definition) is 2. The number of hydrogen-bond acceptors (Lipinski definition) is 2. The molecule has 1 aromatic heterocycles. The van der Waals surface area contributed by atoms with E-state index in [1.807, 2.05) is 18.2 Å². The average molecular weight is 233 g/mol. The zero-order valence-electron chi connectivity index (χ0n) is 8.51. The van der Waals surface area contributed by atoms with Gasteiger partial charge in [-0.15, -0.1) is 0 Å². The lowest BCUT2D eigenvalue weighted by atomic mass is 10.1. The van der Waals surface area contributed by atoms with Gasteiger partial charge in [-0.3, -0.25) is 9.67 Å². The zero-order chi connectivity index (χ0) is 11.1. The summed E-state index contributed by atoms with van der Waals surface area (Å²) >= 11 is 5.07. The van der Waals surface area contributed by atoms with Crippen LogP contribution in [0, 0.1) is 4.77 Å². The summed E-state index contributed by atoms with van der Waals surface area (Å²) in [6, 6.07) is 10.4. The van der Waals surface area contributed by atoms with Gasteiger partial charge in [0.2, 0.25) is 0 Å². The molecule has 1 aliphatic rings. The van der Waals surface area contributed by atoms with Crippen molar-refractivity contribution in [3.05, 3.63) is 51.2 Å². The van der Waals surface area contributed by atoms with Crippen molar-refractivity contribution in [3.63, 3.8) is 0 Å². The third kappa shape index (κ3) is 1.44. The minimum absolute atomic E-state index is 0.145. The minimum Gasteiger partial charge on any atom is -0.272 e. The van der Waals surface area contributed by atoms with Crippen LogP contribution in [0.1, 0.15) is 23.9 Å². The van der Waals surface area contributed by atoms with Crippen LogP contribution in [0.5, 0.6) is 0 Å². The molecule has 2 atom stereocenters. The van der Waals surface area contributed by atoms with Crippen molar-refractivity contribution in [2.24, 2.45) is 0 Å². The maximum absolute atomic E-state index is 11.5. The predicted molar refractivity (Wildman–Crippen MR) is 63.1 cm³/mol. The molecule has 1 saturated carbocycles. The zero-order valence-corrected chi connectivity index (χ0v) is 9.33. The van der Waals surface area contributed by atoms with Crippen LogP contribution in [0.3, 0.4) is 0 Å². The van der Waals surface area contributed by atoms with E-state index in [2.05, 4.69) is 22.3 Å². The van der Waals surface area contributed by atoms with Gasteiger partial charge in [-0.05, 0) is 24.2 Å². The van der Waals surface area contributed by atoms with E-state index in [-0.39, 0.29) is 11.7 Å². The van der Waals surface area contributed by atoms with Crippen LogP contribution in [0.4, 0.5) is 0 Å². The summed E-state index contributed by atoms with van der Waals surface area (Å²) < 4.78 is 2.11. The van der Waals surface area contributed by atoms with Gasteiger partial charge >= 0.3 is 5.69 Å². The summed E-state index contributed by atoms with van der Waals surface area (Å²) in [7, 11) is 0. The summed E-state index contributed by atoms with van der Waals surface area (Å²) in [4.78, 5) is 11.5. The van der Waals surface area contributed by atoms with Gasteiger partial charge in [-0.2, -0.15) is 0 Å². The van der Waals surface area contributed by atoms with Crippen molar-refractivity contribution in [1.82, 2.24) is 14.8 Å². The Kier molecular flexibility index (Phi) is 2.07. The Morgan fingerprint density at radius 3 is 2.62 bits per heavy atom. The van der Waals surface area contributed by atoms with Crippen LogP contribution in [0.25, 0.3) is 0 Å². The Hall–Kier alpha value is -1.62. The first kappa shape index (κ1) is 9.59. The van der Waals surface area contributed by atoms with E-state index >= 15 is 0 Å². The second-order valence-corrected chi connectivity index (χ2v) is 4.44. The average Bonchev–Trinajstić information content (AvgIpc) is 3.01. The second kappa shape index (κ2) is 3.45. The third-order valence-electron chi connectivity index (χ3n) is 3.03. The SMILES string of the molecule is O=c1[nH][nH]c(=S)n1C1CC1c1ccccc1. The quantitative estimate of drug-likeness (QED) is 0.779. The van der Waals surface area contributed by atoms with Crippen molar-refractivity contribution < 1.29 is 0 Å². The normalized spacial score (nSPS) is 23.2. The maximum atomic E-state index is 11.5. The summed E-state index contributed by atoms with van der Waals surface area (Å²) in [5.74, 6) is 0.421. The Labute approximate surface area is 96.9 Å². The van der Waals surface area contributed by atoms with E-state index in [9.17, 15) is 4.79 Å². The van der Waals surface area contributed by atoms with Gasteiger partial charge in [-0.25, -0.2) is 9.89 Å². The molecule has 82 valence electrons. The highest BCUT2D eigenvalue weighted by molar-refractivity contribution is 7.71. The summed E-state index contributed by atoms with van der Waals surface area (Å²) in [5, 5.41) is 5.18. The van der Waals surface area contributed by atoms with E-state index in [0.29, 0.717) is 10.7 Å². The monoisotopic (exact) mass is 233 g/mol. The first-order valence-electron chi connectivity index (χ1n) is 5.21. The maximum Gasteiger partial charge on any atom is 0.342 e. The van der Waals surface area contributed by atoms with Crippen LogP contribution in [-0.2, 0) is 0 Å². The van der Waals surface area contributed by atoms with Gasteiger partial charge in [0, 0.05) is 12.0 Å². The summed E-state index contributed by atoms with van der Waals surface area (Å²) in [6.45, 7) is 0. The smallest absolute Gasteiger partial charge is 0.272 e. The van der Waals surface area contributed by atoms with Gasteiger partial charge < -0.3 is 0 Å². The van der Waals surface area contributed by atoms with Crippen molar-refractivity contribution in [2.45, 2.75) is 18.4 Å². The lowest BCUT2D eigenvalue weighted by molar-refractivity contribution is 0.679. The van der Waals surface area contributed by atoms with Gasteiger partial charge in [0.25, 0.3) is 0 Å². The van der Waals surface area contributed by atoms with Crippen LogP contribution in [0.15, 0.2) is 35.1 Å². The topological polar surface area (TPSA) is 53.6 Å². The molecule has 1 aliphatic carbocycles. The first-order chi connectivity index (χ1) is 7.77. The lowest BCUT2D eigenvalue weighted by Gasteiger charge is -1.99. The minimum atomic E-state index is -0.145. The molecular weight excluding hydrogens is 222 g/mol. The third-order valence-corrected chi connectivity index (χ3v) is 3.33. The molecule has 0 aliphatic heterocycles. The molecule has 0 bridgehead atoms. The fourth-order valence-corrected chi connectivity index (χ4v) is 2.42. The van der Waals surface area contributed by atoms with Crippen LogP contribution >= 0.6 is 12.2 Å². The molecule has 3 rings (SSSR count). The second-order valence-electron chi connectivity index (χ2n) is 4.05. The molecule has 5 heteroatoms. The van der Waals surface area contributed by atoms with Crippen molar-refractivity contribution in [2.75, 3.05) is 0 Å².